The fourth-order valence-electron chi connectivity index (χ4n) is 6.27. The summed E-state index contributed by atoms with van der Waals surface area (Å²) in [5.74, 6) is -3.95. The summed E-state index contributed by atoms with van der Waals surface area (Å²) in [6, 6.07) is 0. The highest BCUT2D eigenvalue weighted by Gasteiger charge is 2.30. The van der Waals surface area contributed by atoms with Gasteiger partial charge < -0.3 is 46.0 Å². The topological polar surface area (TPSA) is 321 Å². The highest BCUT2D eigenvalue weighted by Crippen LogP contribution is 2.44. The molecule has 0 radical (unpaired) electrons. The van der Waals surface area contributed by atoms with Gasteiger partial charge in [-0.2, -0.15) is 0 Å². The van der Waals surface area contributed by atoms with Gasteiger partial charge in [-0.05, 0) is 38.5 Å². The molecule has 1 fully saturated rings. The Kier molecular flexibility index (Phi) is 28.0. The Hall–Kier alpha value is -2.73. The van der Waals surface area contributed by atoms with Gasteiger partial charge in [0.2, 0.25) is 39.8 Å². The van der Waals surface area contributed by atoms with Gasteiger partial charge in [0.15, 0.2) is 0 Å². The van der Waals surface area contributed by atoms with E-state index in [1.165, 1.54) is 0 Å². The summed E-state index contributed by atoms with van der Waals surface area (Å²) in [7, 11) is -11.7. The maximum atomic E-state index is 13.3. The molecule has 1 aliphatic heterocycles. The number of unbranched alkanes of at least 4 members (excludes halogenated alkanes) is 6. The molecular weight excluding hydrogens is 849 g/mol. The molecule has 0 bridgehead atoms. The predicted octanol–water partition coefficient (Wildman–Crippen LogP) is 2.04. The molecule has 1 rings (SSSR count). The van der Waals surface area contributed by atoms with Crippen molar-refractivity contribution in [2.75, 3.05) is 96.2 Å². The molecule has 3 atom stereocenters. The van der Waals surface area contributed by atoms with Crippen LogP contribution in [0, 0.1) is 0 Å². The average Bonchev–Trinajstić information content (AvgIpc) is 3.23. The van der Waals surface area contributed by atoms with Crippen LogP contribution in [0.15, 0.2) is 0 Å². The molecule has 1 aliphatic rings. The lowest BCUT2D eigenvalue weighted by Crippen LogP contribution is -2.37. The number of hydrogen-bond acceptors (Lipinski definition) is 12. The number of aliphatic carboxylic acids is 3. The third-order valence-electron chi connectivity index (χ3n) is 9.69. The third-order valence-corrected chi connectivity index (χ3v) is 15.0. The van der Waals surface area contributed by atoms with Crippen molar-refractivity contribution in [1.82, 2.24) is 30.7 Å². The number of carbonyl (C=O) groups is 6. The third kappa shape index (κ3) is 31.2. The maximum Gasteiger partial charge on any atom is 0.303 e. The summed E-state index contributed by atoms with van der Waals surface area (Å²) in [5, 5.41) is 34.2. The van der Waals surface area contributed by atoms with Crippen molar-refractivity contribution in [3.63, 3.8) is 0 Å². The number of carbonyl (C=O) groups excluding carboxylic acids is 3. The first kappa shape index (κ1) is 55.3. The minimum Gasteiger partial charge on any atom is -0.481 e. The van der Waals surface area contributed by atoms with Gasteiger partial charge in [-0.1, -0.05) is 19.3 Å². The van der Waals surface area contributed by atoms with Gasteiger partial charge >= 0.3 is 17.9 Å². The van der Waals surface area contributed by atoms with Gasteiger partial charge in [0.25, 0.3) is 0 Å². The molecule has 0 aromatic rings. The van der Waals surface area contributed by atoms with Crippen molar-refractivity contribution in [1.29, 1.82) is 0 Å². The van der Waals surface area contributed by atoms with Gasteiger partial charge in [0, 0.05) is 116 Å². The summed E-state index contributed by atoms with van der Waals surface area (Å²) in [4.78, 5) is 107. The van der Waals surface area contributed by atoms with Crippen LogP contribution in [-0.2, 0) is 42.5 Å². The van der Waals surface area contributed by atoms with Crippen LogP contribution in [0.5, 0.6) is 0 Å². The van der Waals surface area contributed by atoms with Crippen molar-refractivity contribution in [2.45, 2.75) is 96.3 Å². The summed E-state index contributed by atoms with van der Waals surface area (Å²) in [6.45, 7) is 2.05. The van der Waals surface area contributed by atoms with E-state index in [-0.39, 0.29) is 115 Å². The van der Waals surface area contributed by atoms with Gasteiger partial charge in [-0.3, -0.25) is 57.2 Å². The molecule has 0 saturated carbocycles. The molecule has 1 saturated heterocycles. The summed E-state index contributed by atoms with van der Waals surface area (Å²) < 4.78 is 40.0. The van der Waals surface area contributed by atoms with Crippen LogP contribution in [0.3, 0.4) is 0 Å². The molecule has 24 heteroatoms. The molecule has 0 aliphatic carbocycles. The number of rotatable bonds is 33. The Morgan fingerprint density at radius 2 is 0.617 bits per heavy atom. The van der Waals surface area contributed by atoms with Gasteiger partial charge in [-0.25, -0.2) is 0 Å². The van der Waals surface area contributed by atoms with Crippen LogP contribution in [0.4, 0.5) is 0 Å². The van der Waals surface area contributed by atoms with Crippen LogP contribution in [0.2, 0.25) is 0 Å². The van der Waals surface area contributed by atoms with Crippen molar-refractivity contribution >= 4 is 57.7 Å². The molecule has 1 heterocycles. The molecule has 9 N–H and O–H groups in total. The SMILES string of the molecule is O=C(O)CCCCCNC(=O)CCP(=O)(O)CN1CCN(CP(=O)(O)CCC(=O)NCCCCCC(=O)O)CCN(CP(=O)(O)CCC(=O)NCCCCCC(=O)O)CC1. The van der Waals surface area contributed by atoms with E-state index in [9.17, 15) is 57.1 Å². The molecule has 21 nitrogen and oxygen atoms in total. The van der Waals surface area contributed by atoms with E-state index in [1.807, 2.05) is 0 Å². The molecular formula is C36H69N6O15P3. The van der Waals surface area contributed by atoms with Gasteiger partial charge in [0.1, 0.15) is 0 Å². The minimum absolute atomic E-state index is 0.0333. The highest BCUT2D eigenvalue weighted by atomic mass is 31.2. The molecule has 60 heavy (non-hydrogen) atoms. The Morgan fingerprint density at radius 1 is 0.383 bits per heavy atom. The fourth-order valence-corrected chi connectivity index (χ4v) is 11.1. The van der Waals surface area contributed by atoms with E-state index < -0.39 is 57.7 Å². The summed E-state index contributed by atoms with van der Waals surface area (Å²) >= 11 is 0. The van der Waals surface area contributed by atoms with Crippen LogP contribution >= 0.6 is 22.1 Å². The number of hydrogen-bond donors (Lipinski definition) is 9. The zero-order valence-electron chi connectivity index (χ0n) is 34.8. The molecule has 3 amide bonds. The number of carboxylic acid groups (broad SMARTS) is 3. The van der Waals surface area contributed by atoms with E-state index in [1.54, 1.807) is 14.7 Å². The van der Waals surface area contributed by atoms with Crippen LogP contribution < -0.4 is 16.0 Å². The first-order chi connectivity index (χ1) is 28.2. The van der Waals surface area contributed by atoms with Crippen molar-refractivity contribution < 1.29 is 72.5 Å². The lowest BCUT2D eigenvalue weighted by molar-refractivity contribution is -0.138. The van der Waals surface area contributed by atoms with Crippen molar-refractivity contribution in [3.8, 4) is 0 Å². The minimum atomic E-state index is -3.92. The van der Waals surface area contributed by atoms with E-state index in [0.717, 1.165) is 0 Å². The van der Waals surface area contributed by atoms with Crippen LogP contribution in [0.1, 0.15) is 96.3 Å². The molecule has 0 aromatic heterocycles. The second kappa shape index (κ2) is 30.3. The van der Waals surface area contributed by atoms with E-state index in [2.05, 4.69) is 16.0 Å². The second-order valence-corrected chi connectivity index (χ2v) is 22.7. The van der Waals surface area contributed by atoms with Crippen LogP contribution in [-0.4, -0.2) is 177 Å². The van der Waals surface area contributed by atoms with Crippen molar-refractivity contribution in [3.05, 3.63) is 0 Å². The zero-order chi connectivity index (χ0) is 45.0. The quantitative estimate of drug-likeness (QED) is 0.0336. The average molecular weight is 919 g/mol. The van der Waals surface area contributed by atoms with E-state index >= 15 is 0 Å². The van der Waals surface area contributed by atoms with E-state index in [0.29, 0.717) is 77.4 Å². The summed E-state index contributed by atoms with van der Waals surface area (Å²) in [6.07, 6.45) is 2.52. The van der Waals surface area contributed by atoms with Gasteiger partial charge in [0.05, 0.1) is 18.9 Å². The Balaban J connectivity index is 2.87. The largest absolute Gasteiger partial charge is 0.481 e. The first-order valence-corrected chi connectivity index (χ1v) is 26.8. The smallest absolute Gasteiger partial charge is 0.303 e. The number of nitrogens with one attached hydrogen (secondary N) is 3. The lowest BCUT2D eigenvalue weighted by atomic mass is 10.2. The zero-order valence-corrected chi connectivity index (χ0v) is 37.4. The standard InChI is InChI=1S/C36H69N6O15P3/c43-31(37-16-7-1-4-10-34(46)47)13-25-58(52,53)28-40-19-21-41(29-59(54,55)26-14-32(44)38-17-8-2-5-11-35(48)49)23-24-42(22-20-40)30-60(56,57)27-15-33(45)39-18-9-3-6-12-36(50)51/h1-30H2,(H,37,43)(H,38,44)(H,39,45)(H,46,47)(H,48,49)(H,50,51)(H,52,53)(H,54,55)(H,56,57). The maximum absolute atomic E-state index is 13.3. The summed E-state index contributed by atoms with van der Waals surface area (Å²) in [5.41, 5.74) is 0. The molecule has 0 aromatic carbocycles. The monoisotopic (exact) mass is 918 g/mol. The predicted molar refractivity (Wildman–Crippen MR) is 225 cm³/mol. The number of amides is 3. The first-order valence-electron chi connectivity index (χ1n) is 20.7. The van der Waals surface area contributed by atoms with E-state index in [4.69, 9.17) is 15.3 Å². The van der Waals surface area contributed by atoms with Crippen molar-refractivity contribution in [2.24, 2.45) is 0 Å². The number of carboxylic acids is 3. The fraction of sp³-hybridized carbons (Fsp3) is 0.833. The molecule has 0 spiro atoms. The molecule has 3 unspecified atom stereocenters. The normalized spacial score (nSPS) is 17.4. The Morgan fingerprint density at radius 3 is 0.833 bits per heavy atom. The Bertz CT molecular complexity index is 1320. The second-order valence-electron chi connectivity index (χ2n) is 15.4. The highest BCUT2D eigenvalue weighted by molar-refractivity contribution is 7.58. The lowest BCUT2D eigenvalue weighted by Gasteiger charge is -2.28. The number of nitrogens with zero attached hydrogens (tertiary/aromatic N) is 3. The van der Waals surface area contributed by atoms with Gasteiger partial charge in [-0.15, -0.1) is 0 Å². The Labute approximate surface area is 352 Å². The van der Waals surface area contributed by atoms with Crippen LogP contribution in [0.25, 0.3) is 0 Å². The molecule has 348 valence electrons.